The van der Waals surface area contributed by atoms with Crippen molar-refractivity contribution in [3.63, 3.8) is 0 Å². The van der Waals surface area contributed by atoms with Gasteiger partial charge in [-0.15, -0.1) is 0 Å². The van der Waals surface area contributed by atoms with Crippen LogP contribution in [0, 0.1) is 12.7 Å². The Hall–Kier alpha value is -2.94. The van der Waals surface area contributed by atoms with E-state index in [9.17, 15) is 22.4 Å². The van der Waals surface area contributed by atoms with Gasteiger partial charge in [0.15, 0.2) is 0 Å². The number of amides is 2. The predicted octanol–water partition coefficient (Wildman–Crippen LogP) is 2.45. The Balaban J connectivity index is 2.38. The molecule has 9 heteroatoms. The van der Waals surface area contributed by atoms with Crippen LogP contribution < -0.4 is 9.62 Å². The third-order valence-electron chi connectivity index (χ3n) is 4.73. The van der Waals surface area contributed by atoms with Crippen LogP contribution in [0.1, 0.15) is 25.0 Å². The molecule has 0 unspecified atom stereocenters. The maximum absolute atomic E-state index is 13.7. The lowest BCUT2D eigenvalue weighted by molar-refractivity contribution is -0.139. The van der Waals surface area contributed by atoms with E-state index in [2.05, 4.69) is 5.32 Å². The fourth-order valence-electron chi connectivity index (χ4n) is 3.16. The van der Waals surface area contributed by atoms with E-state index in [0.717, 1.165) is 27.8 Å². The minimum atomic E-state index is -3.88. The summed E-state index contributed by atoms with van der Waals surface area (Å²) < 4.78 is 39.3. The first kappa shape index (κ1) is 24.3. The monoisotopic (exact) mass is 449 g/mol. The third-order valence-corrected chi connectivity index (χ3v) is 5.87. The molecule has 1 atom stereocenters. The van der Waals surface area contributed by atoms with Gasteiger partial charge >= 0.3 is 0 Å². The van der Waals surface area contributed by atoms with Gasteiger partial charge in [0.2, 0.25) is 21.8 Å². The number of hydrogen-bond donors (Lipinski definition) is 1. The van der Waals surface area contributed by atoms with E-state index in [0.29, 0.717) is 6.54 Å². The van der Waals surface area contributed by atoms with Crippen molar-refractivity contribution in [1.29, 1.82) is 0 Å². The van der Waals surface area contributed by atoms with Crippen molar-refractivity contribution < 1.29 is 22.4 Å². The minimum absolute atomic E-state index is 0.0389. The summed E-state index contributed by atoms with van der Waals surface area (Å²) in [5.74, 6) is -1.54. The number of rotatable bonds is 9. The van der Waals surface area contributed by atoms with Crippen LogP contribution in [0.4, 0.5) is 10.1 Å². The molecule has 2 rings (SSSR count). The number of aryl methyl sites for hydroxylation is 1. The van der Waals surface area contributed by atoms with Crippen molar-refractivity contribution in [2.45, 2.75) is 33.4 Å². The topological polar surface area (TPSA) is 86.8 Å². The first-order valence-electron chi connectivity index (χ1n) is 9.89. The largest absolute Gasteiger partial charge is 0.355 e. The summed E-state index contributed by atoms with van der Waals surface area (Å²) in [4.78, 5) is 27.0. The van der Waals surface area contributed by atoms with Gasteiger partial charge in [0, 0.05) is 13.1 Å². The van der Waals surface area contributed by atoms with Crippen LogP contribution in [0.15, 0.2) is 48.5 Å². The molecule has 0 aromatic heterocycles. The minimum Gasteiger partial charge on any atom is -0.355 e. The van der Waals surface area contributed by atoms with Gasteiger partial charge in [-0.05, 0) is 44.5 Å². The van der Waals surface area contributed by atoms with Crippen LogP contribution in [0.3, 0.4) is 0 Å². The molecule has 2 aromatic rings. The number of carbonyl (C=O) groups excluding carboxylic acids is 2. The fourth-order valence-corrected chi connectivity index (χ4v) is 4.00. The maximum atomic E-state index is 13.7. The number of sulfonamides is 1. The van der Waals surface area contributed by atoms with E-state index in [4.69, 9.17) is 0 Å². The highest BCUT2D eigenvalue weighted by Gasteiger charge is 2.30. The number of nitrogens with zero attached hydrogens (tertiary/aromatic N) is 2. The van der Waals surface area contributed by atoms with Crippen LogP contribution in [0.5, 0.6) is 0 Å². The van der Waals surface area contributed by atoms with Crippen molar-refractivity contribution in [2.24, 2.45) is 0 Å². The van der Waals surface area contributed by atoms with Crippen LogP contribution in [0.25, 0.3) is 0 Å². The summed E-state index contributed by atoms with van der Waals surface area (Å²) in [5, 5.41) is 2.69. The summed E-state index contributed by atoms with van der Waals surface area (Å²) in [6.45, 7) is 5.24. The average molecular weight is 450 g/mol. The first-order valence-corrected chi connectivity index (χ1v) is 11.7. The van der Waals surface area contributed by atoms with Crippen LogP contribution in [0.2, 0.25) is 0 Å². The van der Waals surface area contributed by atoms with Gasteiger partial charge in [0.1, 0.15) is 18.4 Å². The number of benzene rings is 2. The van der Waals surface area contributed by atoms with E-state index in [-0.39, 0.29) is 18.1 Å². The lowest BCUT2D eigenvalue weighted by Gasteiger charge is -2.31. The standard InChI is InChI=1S/C22H28FN3O4S/c1-5-24-22(28)17(3)25(14-18-9-6-8-16(2)12-18)21(27)15-26(31(4,29)30)20-11-7-10-19(23)13-20/h6-13,17H,5,14-15H2,1-4H3,(H,24,28)/t17-/m0/s1. The van der Waals surface area contributed by atoms with Crippen molar-refractivity contribution in [3.8, 4) is 0 Å². The smallest absolute Gasteiger partial charge is 0.244 e. The molecular formula is C22H28FN3O4S. The van der Waals surface area contributed by atoms with Gasteiger partial charge in [-0.2, -0.15) is 0 Å². The van der Waals surface area contributed by atoms with Gasteiger partial charge in [-0.3, -0.25) is 13.9 Å². The van der Waals surface area contributed by atoms with E-state index >= 15 is 0 Å². The van der Waals surface area contributed by atoms with Gasteiger partial charge in [-0.1, -0.05) is 35.9 Å². The van der Waals surface area contributed by atoms with E-state index in [1.165, 1.54) is 23.1 Å². The van der Waals surface area contributed by atoms with Crippen LogP contribution in [-0.4, -0.2) is 50.5 Å². The summed E-state index contributed by atoms with van der Waals surface area (Å²) in [7, 11) is -3.88. The fraction of sp³-hybridized carbons (Fsp3) is 0.364. The normalized spacial score (nSPS) is 12.2. The molecule has 0 radical (unpaired) electrons. The summed E-state index contributed by atoms with van der Waals surface area (Å²) in [6.07, 6.45) is 0.948. The molecule has 0 aliphatic rings. The molecule has 0 aliphatic carbocycles. The van der Waals surface area contributed by atoms with E-state index in [1.807, 2.05) is 31.2 Å². The molecule has 2 amide bonds. The van der Waals surface area contributed by atoms with Crippen molar-refractivity contribution >= 4 is 27.5 Å². The number of likely N-dealkylation sites (N-methyl/N-ethyl adjacent to an activating group) is 1. The van der Waals surface area contributed by atoms with Gasteiger partial charge < -0.3 is 10.2 Å². The zero-order valence-corrected chi connectivity index (χ0v) is 18.9. The molecule has 1 N–H and O–H groups in total. The molecule has 0 saturated carbocycles. The Labute approximate surface area is 182 Å². The summed E-state index contributed by atoms with van der Waals surface area (Å²) >= 11 is 0. The Bertz CT molecular complexity index is 1040. The number of hydrogen-bond acceptors (Lipinski definition) is 4. The Morgan fingerprint density at radius 1 is 1.13 bits per heavy atom. The van der Waals surface area contributed by atoms with Crippen molar-refractivity contribution in [1.82, 2.24) is 10.2 Å². The number of halogens is 1. The average Bonchev–Trinajstić information content (AvgIpc) is 2.69. The quantitative estimate of drug-likeness (QED) is 0.637. The molecule has 7 nitrogen and oxygen atoms in total. The zero-order valence-electron chi connectivity index (χ0n) is 18.1. The Kier molecular flexibility index (Phi) is 8.15. The molecular weight excluding hydrogens is 421 g/mol. The van der Waals surface area contributed by atoms with Gasteiger partial charge in [0.05, 0.1) is 11.9 Å². The lowest BCUT2D eigenvalue weighted by Crippen LogP contribution is -2.51. The Morgan fingerprint density at radius 3 is 2.39 bits per heavy atom. The van der Waals surface area contributed by atoms with Crippen molar-refractivity contribution in [2.75, 3.05) is 23.7 Å². The first-order chi connectivity index (χ1) is 14.5. The zero-order chi connectivity index (χ0) is 23.2. The second kappa shape index (κ2) is 10.4. The highest BCUT2D eigenvalue weighted by atomic mass is 32.2. The van der Waals surface area contributed by atoms with Gasteiger partial charge in [-0.25, -0.2) is 12.8 Å². The number of nitrogens with one attached hydrogen (secondary N) is 1. The van der Waals surface area contributed by atoms with E-state index < -0.39 is 34.3 Å². The highest BCUT2D eigenvalue weighted by molar-refractivity contribution is 7.92. The molecule has 0 bridgehead atoms. The maximum Gasteiger partial charge on any atom is 0.244 e. The molecule has 0 aliphatic heterocycles. The third kappa shape index (κ3) is 6.78. The van der Waals surface area contributed by atoms with Crippen LogP contribution >= 0.6 is 0 Å². The number of anilines is 1. The van der Waals surface area contributed by atoms with Crippen LogP contribution in [-0.2, 0) is 26.2 Å². The number of carbonyl (C=O) groups is 2. The highest BCUT2D eigenvalue weighted by Crippen LogP contribution is 2.20. The molecule has 0 heterocycles. The molecule has 0 fully saturated rings. The van der Waals surface area contributed by atoms with Gasteiger partial charge in [0.25, 0.3) is 0 Å². The molecule has 168 valence electrons. The second-order valence-electron chi connectivity index (χ2n) is 7.33. The molecule has 0 saturated heterocycles. The summed E-state index contributed by atoms with van der Waals surface area (Å²) in [6, 6.07) is 11.7. The summed E-state index contributed by atoms with van der Waals surface area (Å²) in [5.41, 5.74) is 1.84. The van der Waals surface area contributed by atoms with E-state index in [1.54, 1.807) is 13.8 Å². The second-order valence-corrected chi connectivity index (χ2v) is 9.24. The molecule has 0 spiro atoms. The Morgan fingerprint density at radius 2 is 1.81 bits per heavy atom. The molecule has 31 heavy (non-hydrogen) atoms. The predicted molar refractivity (Wildman–Crippen MR) is 118 cm³/mol. The SMILES string of the molecule is CCNC(=O)[C@H](C)N(Cc1cccc(C)c1)C(=O)CN(c1cccc(F)c1)S(C)(=O)=O. The van der Waals surface area contributed by atoms with Crippen molar-refractivity contribution in [3.05, 3.63) is 65.5 Å². The molecule has 2 aromatic carbocycles. The lowest BCUT2D eigenvalue weighted by atomic mass is 10.1.